The predicted octanol–water partition coefficient (Wildman–Crippen LogP) is 3.73. The lowest BCUT2D eigenvalue weighted by Gasteiger charge is -2.34. The molecule has 1 fully saturated rings. The molecular formula is C25H25ClN4O3S. The summed E-state index contributed by atoms with van der Waals surface area (Å²) in [6.45, 7) is 3.06. The summed E-state index contributed by atoms with van der Waals surface area (Å²) in [6, 6.07) is 18.2. The van der Waals surface area contributed by atoms with E-state index in [0.29, 0.717) is 60.4 Å². The second kappa shape index (κ2) is 11.3. The van der Waals surface area contributed by atoms with E-state index < -0.39 is 0 Å². The number of thiophene rings is 1. The van der Waals surface area contributed by atoms with Crippen LogP contribution in [-0.2, 0) is 11.3 Å². The normalized spacial score (nSPS) is 14.0. The predicted molar refractivity (Wildman–Crippen MR) is 134 cm³/mol. The van der Waals surface area contributed by atoms with Crippen molar-refractivity contribution in [2.24, 2.45) is 0 Å². The van der Waals surface area contributed by atoms with Crippen LogP contribution in [0.1, 0.15) is 25.6 Å². The molecular weight excluding hydrogens is 472 g/mol. The van der Waals surface area contributed by atoms with Gasteiger partial charge in [-0.05, 0) is 35.2 Å². The van der Waals surface area contributed by atoms with E-state index >= 15 is 0 Å². The fourth-order valence-electron chi connectivity index (χ4n) is 3.69. The van der Waals surface area contributed by atoms with Crippen LogP contribution in [0.15, 0.2) is 66.0 Å². The van der Waals surface area contributed by atoms with Gasteiger partial charge in [0.1, 0.15) is 0 Å². The van der Waals surface area contributed by atoms with Crippen molar-refractivity contribution in [3.8, 4) is 0 Å². The second-order valence-corrected chi connectivity index (χ2v) is 9.31. The molecule has 0 spiro atoms. The topological polar surface area (TPSA) is 81.8 Å². The Labute approximate surface area is 207 Å². The van der Waals surface area contributed by atoms with Crippen LogP contribution in [0.4, 0.5) is 5.69 Å². The van der Waals surface area contributed by atoms with Crippen molar-refractivity contribution in [3.63, 3.8) is 0 Å². The Morgan fingerprint density at radius 3 is 2.41 bits per heavy atom. The molecule has 9 heteroatoms. The van der Waals surface area contributed by atoms with Gasteiger partial charge >= 0.3 is 0 Å². The Bertz CT molecular complexity index is 1150. The summed E-state index contributed by atoms with van der Waals surface area (Å²) in [5.41, 5.74) is 1.92. The molecule has 4 rings (SSSR count). The highest BCUT2D eigenvalue weighted by atomic mass is 35.5. The number of hydrogen-bond acceptors (Lipinski definition) is 5. The largest absolute Gasteiger partial charge is 0.351 e. The van der Waals surface area contributed by atoms with Crippen molar-refractivity contribution in [3.05, 3.63) is 87.1 Å². The molecule has 2 heterocycles. The molecule has 0 atom stereocenters. The summed E-state index contributed by atoms with van der Waals surface area (Å²) in [4.78, 5) is 42.1. The maximum Gasteiger partial charge on any atom is 0.265 e. The van der Waals surface area contributed by atoms with Gasteiger partial charge in [0.25, 0.3) is 11.8 Å². The smallest absolute Gasteiger partial charge is 0.265 e. The summed E-state index contributed by atoms with van der Waals surface area (Å²) in [5, 5.41) is 7.91. The number of carbonyl (C=O) groups is 3. The van der Waals surface area contributed by atoms with Crippen molar-refractivity contribution < 1.29 is 14.4 Å². The monoisotopic (exact) mass is 496 g/mol. The fraction of sp³-hybridized carbons (Fsp3) is 0.240. The van der Waals surface area contributed by atoms with Crippen LogP contribution < -0.4 is 10.6 Å². The van der Waals surface area contributed by atoms with Crippen LogP contribution in [0.3, 0.4) is 0 Å². The fourth-order valence-corrected chi connectivity index (χ4v) is 4.48. The number of halogens is 1. The van der Waals surface area contributed by atoms with Crippen molar-refractivity contribution in [2.45, 2.75) is 6.54 Å². The number of nitrogens with one attached hydrogen (secondary N) is 2. The third kappa shape index (κ3) is 6.22. The number of amides is 3. The Balaban J connectivity index is 1.28. The van der Waals surface area contributed by atoms with Crippen LogP contribution in [-0.4, -0.2) is 60.2 Å². The van der Waals surface area contributed by atoms with Gasteiger partial charge in [0, 0.05) is 38.3 Å². The summed E-state index contributed by atoms with van der Waals surface area (Å²) in [6.07, 6.45) is 0. The molecule has 0 bridgehead atoms. The first-order chi connectivity index (χ1) is 16.5. The van der Waals surface area contributed by atoms with Crippen molar-refractivity contribution in [1.82, 2.24) is 15.1 Å². The molecule has 0 unspecified atom stereocenters. The molecule has 1 aliphatic rings. The Morgan fingerprint density at radius 2 is 1.71 bits per heavy atom. The van der Waals surface area contributed by atoms with Gasteiger partial charge in [0.2, 0.25) is 5.91 Å². The summed E-state index contributed by atoms with van der Waals surface area (Å²) in [7, 11) is 0. The number of carbonyl (C=O) groups excluding carboxylic acids is 3. The first-order valence-corrected chi connectivity index (χ1v) is 12.2. The molecule has 1 aromatic heterocycles. The van der Waals surface area contributed by atoms with Crippen LogP contribution in [0.5, 0.6) is 0 Å². The molecule has 1 saturated heterocycles. The van der Waals surface area contributed by atoms with Crippen LogP contribution in [0.2, 0.25) is 5.02 Å². The molecule has 0 saturated carbocycles. The first-order valence-electron chi connectivity index (χ1n) is 11.0. The number of anilines is 1. The van der Waals surface area contributed by atoms with E-state index in [-0.39, 0.29) is 17.7 Å². The number of hydrogen-bond donors (Lipinski definition) is 2. The number of benzene rings is 2. The van der Waals surface area contributed by atoms with E-state index in [2.05, 4.69) is 10.6 Å². The molecule has 7 nitrogen and oxygen atoms in total. The number of nitrogens with zero attached hydrogens (tertiary/aromatic N) is 2. The van der Waals surface area contributed by atoms with Crippen LogP contribution in [0, 0.1) is 0 Å². The van der Waals surface area contributed by atoms with Crippen molar-refractivity contribution in [2.75, 3.05) is 38.0 Å². The molecule has 0 radical (unpaired) electrons. The molecule has 1 aliphatic heterocycles. The zero-order chi connectivity index (χ0) is 23.9. The van der Waals surface area contributed by atoms with E-state index in [1.165, 1.54) is 11.3 Å². The lowest BCUT2D eigenvalue weighted by molar-refractivity contribution is -0.122. The Hall–Kier alpha value is -3.20. The quantitative estimate of drug-likeness (QED) is 0.522. The van der Waals surface area contributed by atoms with E-state index in [0.717, 1.165) is 5.56 Å². The highest BCUT2D eigenvalue weighted by molar-refractivity contribution is 7.12. The molecule has 2 N–H and O–H groups in total. The lowest BCUT2D eigenvalue weighted by atomic mass is 10.1. The molecule has 34 heavy (non-hydrogen) atoms. The SMILES string of the molecule is O=C(CN1CCN(C(=O)c2ccc(Cl)c(NC(=O)c3cccs3)c2)CC1)NCc1ccccc1. The Morgan fingerprint density at radius 1 is 0.941 bits per heavy atom. The lowest BCUT2D eigenvalue weighted by Crippen LogP contribution is -2.51. The average Bonchev–Trinajstić information content (AvgIpc) is 3.40. The van der Waals surface area contributed by atoms with Gasteiger partial charge in [-0.2, -0.15) is 0 Å². The number of piperazine rings is 1. The summed E-state index contributed by atoms with van der Waals surface area (Å²) >= 11 is 7.58. The molecule has 2 aromatic carbocycles. The zero-order valence-electron chi connectivity index (χ0n) is 18.5. The minimum atomic E-state index is -0.263. The first kappa shape index (κ1) is 23.9. The van der Waals surface area contributed by atoms with Gasteiger partial charge in [0.15, 0.2) is 0 Å². The van der Waals surface area contributed by atoms with E-state index in [1.807, 2.05) is 40.6 Å². The third-order valence-electron chi connectivity index (χ3n) is 5.57. The standard InChI is InChI=1S/C25H25ClN4O3S/c26-20-9-8-19(15-21(20)28-24(32)22-7-4-14-34-22)25(33)30-12-10-29(11-13-30)17-23(31)27-16-18-5-2-1-3-6-18/h1-9,14-15H,10-13,16-17H2,(H,27,31)(H,28,32). The minimum Gasteiger partial charge on any atom is -0.351 e. The second-order valence-electron chi connectivity index (χ2n) is 7.96. The molecule has 176 valence electrons. The minimum absolute atomic E-state index is 0.0348. The zero-order valence-corrected chi connectivity index (χ0v) is 20.1. The van der Waals surface area contributed by atoms with Gasteiger partial charge in [0.05, 0.1) is 22.1 Å². The van der Waals surface area contributed by atoms with Crippen molar-refractivity contribution in [1.29, 1.82) is 0 Å². The van der Waals surface area contributed by atoms with Gasteiger partial charge in [-0.3, -0.25) is 19.3 Å². The third-order valence-corrected chi connectivity index (χ3v) is 6.76. The maximum absolute atomic E-state index is 13.0. The Kier molecular flexibility index (Phi) is 7.95. The molecule has 3 aromatic rings. The van der Waals surface area contributed by atoms with Gasteiger partial charge in [-0.1, -0.05) is 48.0 Å². The van der Waals surface area contributed by atoms with E-state index in [4.69, 9.17) is 11.6 Å². The van der Waals surface area contributed by atoms with Gasteiger partial charge in [-0.25, -0.2) is 0 Å². The summed E-state index contributed by atoms with van der Waals surface area (Å²) in [5.74, 6) is -0.426. The van der Waals surface area contributed by atoms with E-state index in [1.54, 1.807) is 35.2 Å². The number of rotatable bonds is 7. The highest BCUT2D eigenvalue weighted by Crippen LogP contribution is 2.25. The van der Waals surface area contributed by atoms with E-state index in [9.17, 15) is 14.4 Å². The van der Waals surface area contributed by atoms with Crippen molar-refractivity contribution >= 4 is 46.3 Å². The molecule has 0 aliphatic carbocycles. The van der Waals surface area contributed by atoms with Crippen LogP contribution in [0.25, 0.3) is 0 Å². The highest BCUT2D eigenvalue weighted by Gasteiger charge is 2.24. The van der Waals surface area contributed by atoms with Gasteiger partial charge < -0.3 is 15.5 Å². The van der Waals surface area contributed by atoms with Crippen LogP contribution >= 0.6 is 22.9 Å². The summed E-state index contributed by atoms with van der Waals surface area (Å²) < 4.78 is 0. The maximum atomic E-state index is 13.0. The van der Waals surface area contributed by atoms with Gasteiger partial charge in [-0.15, -0.1) is 11.3 Å². The average molecular weight is 497 g/mol. The molecule has 3 amide bonds.